The summed E-state index contributed by atoms with van der Waals surface area (Å²) in [5.74, 6) is -0.306. The minimum Gasteiger partial charge on any atom is -0.370 e. The van der Waals surface area contributed by atoms with Gasteiger partial charge in [0.25, 0.3) is 0 Å². The van der Waals surface area contributed by atoms with Gasteiger partial charge in [-0.25, -0.2) is 0 Å². The second-order valence-electron chi connectivity index (χ2n) is 9.06. The molecular formula is C25H50N2O2. The molecule has 4 heteroatoms. The maximum absolute atomic E-state index is 12.5. The lowest BCUT2D eigenvalue weighted by atomic mass is 9.73. The molecule has 0 saturated heterocycles. The molecule has 0 aliphatic carbocycles. The number of primary amides is 2. The molecule has 0 unspecified atom stereocenters. The molecule has 172 valence electrons. The molecule has 0 spiro atoms. The van der Waals surface area contributed by atoms with E-state index >= 15 is 0 Å². The van der Waals surface area contributed by atoms with Gasteiger partial charge in [-0.15, -0.1) is 0 Å². The standard InChI is InChI=1S/C25H50N2O2/c1-3-5-7-9-12-16-20-25(24(27)29,21-17-13-10-8-6-4-2)22-18-14-11-15-19-23(26)28/h3-22H2,1-2H3,(H2,26,28)(H2,27,29). The molecule has 4 nitrogen and oxygen atoms in total. The van der Waals surface area contributed by atoms with E-state index in [0.717, 1.165) is 57.8 Å². The van der Waals surface area contributed by atoms with Crippen molar-refractivity contribution >= 4 is 11.8 Å². The zero-order valence-electron chi connectivity index (χ0n) is 19.6. The molecule has 0 heterocycles. The lowest BCUT2D eigenvalue weighted by molar-refractivity contribution is -0.129. The summed E-state index contributed by atoms with van der Waals surface area (Å²) < 4.78 is 0. The van der Waals surface area contributed by atoms with Crippen LogP contribution in [0.4, 0.5) is 0 Å². The Labute approximate surface area is 181 Å². The Bertz CT molecular complexity index is 394. The maximum atomic E-state index is 12.5. The molecule has 0 saturated carbocycles. The summed E-state index contributed by atoms with van der Waals surface area (Å²) in [6.07, 6.45) is 22.2. The SMILES string of the molecule is CCCCCCCCC(CCCCCCCC)(CCCCCCC(N)=O)C(N)=O. The van der Waals surface area contributed by atoms with Gasteiger partial charge in [0.15, 0.2) is 0 Å². The number of hydrogen-bond donors (Lipinski definition) is 2. The molecule has 0 aromatic carbocycles. The first kappa shape index (κ1) is 27.9. The molecule has 0 aliphatic heterocycles. The monoisotopic (exact) mass is 410 g/mol. The van der Waals surface area contributed by atoms with Crippen molar-refractivity contribution in [3.05, 3.63) is 0 Å². The molecule has 0 fully saturated rings. The summed E-state index contributed by atoms with van der Waals surface area (Å²) in [7, 11) is 0. The highest BCUT2D eigenvalue weighted by molar-refractivity contribution is 5.80. The van der Waals surface area contributed by atoms with Crippen LogP contribution in [-0.2, 0) is 9.59 Å². The van der Waals surface area contributed by atoms with Crippen LogP contribution in [0, 0.1) is 5.41 Å². The van der Waals surface area contributed by atoms with Crippen molar-refractivity contribution in [3.8, 4) is 0 Å². The van der Waals surface area contributed by atoms with Gasteiger partial charge in [-0.2, -0.15) is 0 Å². The van der Waals surface area contributed by atoms with Crippen molar-refractivity contribution < 1.29 is 9.59 Å². The third-order valence-corrected chi connectivity index (χ3v) is 6.37. The minimum absolute atomic E-state index is 0.0863. The van der Waals surface area contributed by atoms with E-state index in [1.807, 2.05) is 0 Å². The first-order valence-corrected chi connectivity index (χ1v) is 12.6. The highest BCUT2D eigenvalue weighted by Gasteiger charge is 2.34. The molecule has 0 atom stereocenters. The highest BCUT2D eigenvalue weighted by Crippen LogP contribution is 2.37. The van der Waals surface area contributed by atoms with E-state index in [1.54, 1.807) is 0 Å². The number of rotatable bonds is 22. The van der Waals surface area contributed by atoms with Gasteiger partial charge in [-0.3, -0.25) is 9.59 Å². The van der Waals surface area contributed by atoms with Crippen LogP contribution in [0.2, 0.25) is 0 Å². The Morgan fingerprint density at radius 2 is 0.897 bits per heavy atom. The first-order valence-electron chi connectivity index (χ1n) is 12.6. The third kappa shape index (κ3) is 15.4. The van der Waals surface area contributed by atoms with Crippen LogP contribution in [0.15, 0.2) is 0 Å². The van der Waals surface area contributed by atoms with Gasteiger partial charge >= 0.3 is 0 Å². The van der Waals surface area contributed by atoms with Crippen LogP contribution in [-0.4, -0.2) is 11.8 Å². The van der Waals surface area contributed by atoms with Crippen molar-refractivity contribution in [1.29, 1.82) is 0 Å². The summed E-state index contributed by atoms with van der Waals surface area (Å²) in [5.41, 5.74) is 10.9. The van der Waals surface area contributed by atoms with E-state index in [2.05, 4.69) is 13.8 Å². The van der Waals surface area contributed by atoms with Gasteiger partial charge in [0.05, 0.1) is 0 Å². The van der Waals surface area contributed by atoms with E-state index in [9.17, 15) is 9.59 Å². The first-order chi connectivity index (χ1) is 14.0. The quantitative estimate of drug-likeness (QED) is 0.193. The van der Waals surface area contributed by atoms with Gasteiger partial charge in [-0.1, -0.05) is 110 Å². The topological polar surface area (TPSA) is 86.2 Å². The number of carbonyl (C=O) groups excluding carboxylic acids is 2. The van der Waals surface area contributed by atoms with Crippen molar-refractivity contribution in [2.45, 2.75) is 142 Å². The number of unbranched alkanes of at least 4 members (excludes halogenated alkanes) is 13. The van der Waals surface area contributed by atoms with E-state index in [1.165, 1.54) is 64.2 Å². The van der Waals surface area contributed by atoms with E-state index in [-0.39, 0.29) is 17.2 Å². The summed E-state index contributed by atoms with van der Waals surface area (Å²) in [5, 5.41) is 0. The Morgan fingerprint density at radius 1 is 0.552 bits per heavy atom. The smallest absolute Gasteiger partial charge is 0.223 e. The number of carbonyl (C=O) groups is 2. The molecule has 29 heavy (non-hydrogen) atoms. The van der Waals surface area contributed by atoms with Gasteiger partial charge in [0, 0.05) is 11.8 Å². The van der Waals surface area contributed by atoms with Crippen molar-refractivity contribution in [3.63, 3.8) is 0 Å². The predicted molar refractivity (Wildman–Crippen MR) is 125 cm³/mol. The predicted octanol–water partition coefficient (Wildman–Crippen LogP) is 6.79. The number of amides is 2. The average Bonchev–Trinajstić information content (AvgIpc) is 2.68. The lowest BCUT2D eigenvalue weighted by Gasteiger charge is -2.31. The fourth-order valence-corrected chi connectivity index (χ4v) is 4.35. The second-order valence-corrected chi connectivity index (χ2v) is 9.06. The average molecular weight is 411 g/mol. The summed E-state index contributed by atoms with van der Waals surface area (Å²) >= 11 is 0. The van der Waals surface area contributed by atoms with E-state index in [0.29, 0.717) is 6.42 Å². The van der Waals surface area contributed by atoms with Gasteiger partial charge in [0.1, 0.15) is 0 Å². The number of hydrogen-bond acceptors (Lipinski definition) is 2. The molecule has 0 aromatic heterocycles. The van der Waals surface area contributed by atoms with Gasteiger partial charge in [-0.05, 0) is 25.7 Å². The zero-order valence-corrected chi connectivity index (χ0v) is 19.6. The second kappa shape index (κ2) is 18.9. The fraction of sp³-hybridized carbons (Fsp3) is 0.920. The molecule has 0 rings (SSSR count). The van der Waals surface area contributed by atoms with Crippen LogP contribution in [0.1, 0.15) is 142 Å². The number of nitrogens with two attached hydrogens (primary N) is 2. The molecule has 4 N–H and O–H groups in total. The third-order valence-electron chi connectivity index (χ3n) is 6.37. The zero-order chi connectivity index (χ0) is 21.8. The van der Waals surface area contributed by atoms with Crippen molar-refractivity contribution in [2.75, 3.05) is 0 Å². The Hall–Kier alpha value is -1.06. The molecule has 2 amide bonds. The van der Waals surface area contributed by atoms with Crippen LogP contribution < -0.4 is 11.5 Å². The molecule has 0 radical (unpaired) electrons. The van der Waals surface area contributed by atoms with Crippen LogP contribution in [0.3, 0.4) is 0 Å². The molecule has 0 aliphatic rings. The fourth-order valence-electron chi connectivity index (χ4n) is 4.35. The Kier molecular flexibility index (Phi) is 18.2. The molecular weight excluding hydrogens is 360 g/mol. The Morgan fingerprint density at radius 3 is 1.24 bits per heavy atom. The normalized spacial score (nSPS) is 11.7. The van der Waals surface area contributed by atoms with Crippen molar-refractivity contribution in [2.24, 2.45) is 16.9 Å². The largest absolute Gasteiger partial charge is 0.370 e. The minimum atomic E-state index is -0.320. The van der Waals surface area contributed by atoms with Gasteiger partial charge in [0.2, 0.25) is 11.8 Å². The Balaban J connectivity index is 4.51. The molecule has 0 aromatic rings. The summed E-state index contributed by atoms with van der Waals surface area (Å²) in [4.78, 5) is 23.4. The van der Waals surface area contributed by atoms with Gasteiger partial charge < -0.3 is 11.5 Å². The highest BCUT2D eigenvalue weighted by atomic mass is 16.1. The summed E-state index contributed by atoms with van der Waals surface area (Å²) in [6, 6.07) is 0. The van der Waals surface area contributed by atoms with E-state index < -0.39 is 0 Å². The van der Waals surface area contributed by atoms with Crippen LogP contribution in [0.25, 0.3) is 0 Å². The summed E-state index contributed by atoms with van der Waals surface area (Å²) in [6.45, 7) is 4.48. The van der Waals surface area contributed by atoms with Crippen LogP contribution >= 0.6 is 0 Å². The van der Waals surface area contributed by atoms with Crippen LogP contribution in [0.5, 0.6) is 0 Å². The van der Waals surface area contributed by atoms with Crippen molar-refractivity contribution in [1.82, 2.24) is 0 Å². The molecule has 0 bridgehead atoms. The van der Waals surface area contributed by atoms with E-state index in [4.69, 9.17) is 11.5 Å². The maximum Gasteiger partial charge on any atom is 0.223 e. The lowest BCUT2D eigenvalue weighted by Crippen LogP contribution is -2.37.